The molecule has 1 aromatic rings. The average molecular weight is 280 g/mol. The van der Waals surface area contributed by atoms with E-state index < -0.39 is 0 Å². The van der Waals surface area contributed by atoms with Gasteiger partial charge in [0.2, 0.25) is 0 Å². The van der Waals surface area contributed by atoms with Crippen molar-refractivity contribution in [1.29, 1.82) is 0 Å². The molecule has 0 bridgehead atoms. The Morgan fingerprint density at radius 3 is 3.00 bits per heavy atom. The van der Waals surface area contributed by atoms with Crippen LogP contribution in [0, 0.1) is 0 Å². The fraction of sp³-hybridized carbons (Fsp3) is 0.444. The molecule has 0 amide bonds. The van der Waals surface area contributed by atoms with Crippen molar-refractivity contribution in [1.82, 2.24) is 4.98 Å². The topological polar surface area (TPSA) is 45.1 Å². The third-order valence-electron chi connectivity index (χ3n) is 1.66. The van der Waals surface area contributed by atoms with Gasteiger partial charge in [-0.05, 0) is 35.3 Å². The molecule has 14 heavy (non-hydrogen) atoms. The zero-order valence-electron chi connectivity index (χ0n) is 7.80. The van der Waals surface area contributed by atoms with Gasteiger partial charge in [0.15, 0.2) is 0 Å². The van der Waals surface area contributed by atoms with E-state index in [4.69, 9.17) is 16.7 Å². The summed E-state index contributed by atoms with van der Waals surface area (Å²) in [6.45, 7) is 2.41. The van der Waals surface area contributed by atoms with E-state index >= 15 is 0 Å². The molecule has 78 valence electrons. The number of halogens is 2. The van der Waals surface area contributed by atoms with Gasteiger partial charge < -0.3 is 10.4 Å². The minimum absolute atomic E-state index is 0.309. The van der Waals surface area contributed by atoms with Crippen LogP contribution in [-0.2, 0) is 0 Å². The second-order valence-electron chi connectivity index (χ2n) is 3.05. The van der Waals surface area contributed by atoms with E-state index in [1.54, 1.807) is 19.2 Å². The Morgan fingerprint density at radius 2 is 2.43 bits per heavy atom. The lowest BCUT2D eigenvalue weighted by Gasteiger charge is -2.08. The first-order chi connectivity index (χ1) is 6.59. The van der Waals surface area contributed by atoms with Gasteiger partial charge in [0.05, 0.1) is 11.1 Å². The summed E-state index contributed by atoms with van der Waals surface area (Å²) in [6, 6.07) is 1.78. The maximum absolute atomic E-state index is 9.04. The summed E-state index contributed by atoms with van der Waals surface area (Å²) in [7, 11) is 0. The fourth-order valence-corrected chi connectivity index (χ4v) is 1.64. The normalized spacial score (nSPS) is 12.6. The Morgan fingerprint density at radius 1 is 1.71 bits per heavy atom. The number of hydrogen-bond donors (Lipinski definition) is 2. The van der Waals surface area contributed by atoms with Crippen LogP contribution in [0.1, 0.15) is 13.3 Å². The van der Waals surface area contributed by atoms with Crippen LogP contribution in [0.4, 0.5) is 5.82 Å². The summed E-state index contributed by atoms with van der Waals surface area (Å²) < 4.78 is 0.851. The Hall–Kier alpha value is -0.320. The predicted octanol–water partition coefficient (Wildman–Crippen LogP) is 2.68. The molecule has 0 saturated heterocycles. The number of hydrogen-bond acceptors (Lipinski definition) is 3. The maximum Gasteiger partial charge on any atom is 0.144 e. The molecule has 0 aromatic carbocycles. The molecule has 1 atom stereocenters. The van der Waals surface area contributed by atoms with Gasteiger partial charge in [-0.15, -0.1) is 0 Å². The minimum Gasteiger partial charge on any atom is -0.393 e. The number of aliphatic hydroxyl groups is 1. The van der Waals surface area contributed by atoms with Crippen molar-refractivity contribution in [2.75, 3.05) is 11.9 Å². The Bertz CT molecular complexity index is 307. The number of pyridine rings is 1. The van der Waals surface area contributed by atoms with E-state index in [9.17, 15) is 0 Å². The van der Waals surface area contributed by atoms with E-state index in [-0.39, 0.29) is 6.10 Å². The highest BCUT2D eigenvalue weighted by Gasteiger charge is 2.02. The first-order valence-corrected chi connectivity index (χ1v) is 5.49. The highest BCUT2D eigenvalue weighted by atomic mass is 79.9. The second kappa shape index (κ2) is 5.53. The molecule has 5 heteroatoms. The predicted molar refractivity (Wildman–Crippen MR) is 61.7 cm³/mol. The maximum atomic E-state index is 9.04. The van der Waals surface area contributed by atoms with Gasteiger partial charge in [-0.2, -0.15) is 0 Å². The van der Waals surface area contributed by atoms with Crippen molar-refractivity contribution >= 4 is 33.3 Å². The third kappa shape index (κ3) is 3.82. The summed E-state index contributed by atoms with van der Waals surface area (Å²) >= 11 is 9.20. The van der Waals surface area contributed by atoms with Crippen LogP contribution < -0.4 is 5.32 Å². The van der Waals surface area contributed by atoms with Crippen molar-refractivity contribution in [3.63, 3.8) is 0 Å². The third-order valence-corrected chi connectivity index (χ3v) is 2.38. The highest BCUT2D eigenvalue weighted by molar-refractivity contribution is 9.10. The number of rotatable bonds is 4. The fourth-order valence-electron chi connectivity index (χ4n) is 0.944. The smallest absolute Gasteiger partial charge is 0.144 e. The van der Waals surface area contributed by atoms with Crippen LogP contribution in [0.2, 0.25) is 5.02 Å². The van der Waals surface area contributed by atoms with Gasteiger partial charge in [0, 0.05) is 17.2 Å². The molecule has 0 saturated carbocycles. The molecule has 2 N–H and O–H groups in total. The Balaban J connectivity index is 2.51. The van der Waals surface area contributed by atoms with E-state index in [0.717, 1.165) is 4.47 Å². The van der Waals surface area contributed by atoms with E-state index in [1.807, 2.05) is 0 Å². The number of nitrogens with one attached hydrogen (secondary N) is 1. The molecule has 1 heterocycles. The van der Waals surface area contributed by atoms with Crippen molar-refractivity contribution in [3.8, 4) is 0 Å². The zero-order valence-corrected chi connectivity index (χ0v) is 10.1. The Kier molecular flexibility index (Phi) is 4.65. The van der Waals surface area contributed by atoms with Crippen molar-refractivity contribution < 1.29 is 5.11 Å². The van der Waals surface area contributed by atoms with Gasteiger partial charge in [0.25, 0.3) is 0 Å². The molecule has 3 nitrogen and oxygen atoms in total. The number of anilines is 1. The van der Waals surface area contributed by atoms with Crippen LogP contribution in [-0.4, -0.2) is 22.7 Å². The largest absolute Gasteiger partial charge is 0.393 e. The van der Waals surface area contributed by atoms with Crippen molar-refractivity contribution in [3.05, 3.63) is 21.8 Å². The molecule has 0 aliphatic carbocycles. The standard InChI is InChI=1S/C9H12BrClN2O/c1-6(14)2-3-12-9-8(11)4-7(10)5-13-9/h4-6,14H,2-3H2,1H3,(H,12,13). The van der Waals surface area contributed by atoms with Gasteiger partial charge in [0.1, 0.15) is 5.82 Å². The van der Waals surface area contributed by atoms with Gasteiger partial charge in [-0.3, -0.25) is 0 Å². The van der Waals surface area contributed by atoms with E-state index in [0.29, 0.717) is 23.8 Å². The minimum atomic E-state index is -0.309. The molecule has 0 aliphatic rings. The van der Waals surface area contributed by atoms with Crippen LogP contribution in [0.15, 0.2) is 16.7 Å². The Labute approximate surface area is 96.6 Å². The molecule has 1 unspecified atom stereocenters. The van der Waals surface area contributed by atoms with Gasteiger partial charge in [-0.25, -0.2) is 4.98 Å². The van der Waals surface area contributed by atoms with Gasteiger partial charge in [-0.1, -0.05) is 11.6 Å². The first kappa shape index (κ1) is 11.8. The summed E-state index contributed by atoms with van der Waals surface area (Å²) in [5.41, 5.74) is 0. The summed E-state index contributed by atoms with van der Waals surface area (Å²) in [6.07, 6.45) is 2.04. The lowest BCUT2D eigenvalue weighted by atomic mass is 10.3. The summed E-state index contributed by atoms with van der Waals surface area (Å²) in [5.74, 6) is 0.649. The van der Waals surface area contributed by atoms with Gasteiger partial charge >= 0.3 is 0 Å². The zero-order chi connectivity index (χ0) is 10.6. The SMILES string of the molecule is CC(O)CCNc1ncc(Br)cc1Cl. The van der Waals surface area contributed by atoms with Crippen LogP contribution >= 0.6 is 27.5 Å². The van der Waals surface area contributed by atoms with Crippen LogP contribution in [0.25, 0.3) is 0 Å². The lowest BCUT2D eigenvalue weighted by molar-refractivity contribution is 0.188. The molecule has 0 spiro atoms. The average Bonchev–Trinajstić information content (AvgIpc) is 2.08. The quantitative estimate of drug-likeness (QED) is 0.891. The monoisotopic (exact) mass is 278 g/mol. The van der Waals surface area contributed by atoms with Crippen LogP contribution in [0.3, 0.4) is 0 Å². The molecular formula is C9H12BrClN2O. The molecule has 1 aromatic heterocycles. The molecule has 0 aliphatic heterocycles. The molecule has 1 rings (SSSR count). The number of aliphatic hydroxyl groups excluding tert-OH is 1. The van der Waals surface area contributed by atoms with E-state index in [2.05, 4.69) is 26.2 Å². The first-order valence-electron chi connectivity index (χ1n) is 4.32. The number of aromatic nitrogens is 1. The summed E-state index contributed by atoms with van der Waals surface area (Å²) in [4.78, 5) is 4.10. The summed E-state index contributed by atoms with van der Waals surface area (Å²) in [5, 5.41) is 12.7. The molecular weight excluding hydrogens is 267 g/mol. The second-order valence-corrected chi connectivity index (χ2v) is 4.37. The van der Waals surface area contributed by atoms with E-state index in [1.165, 1.54) is 0 Å². The van der Waals surface area contributed by atoms with Crippen LogP contribution in [0.5, 0.6) is 0 Å². The van der Waals surface area contributed by atoms with Crippen molar-refractivity contribution in [2.24, 2.45) is 0 Å². The molecule has 0 radical (unpaired) electrons. The molecule has 0 fully saturated rings. The lowest BCUT2D eigenvalue weighted by Crippen LogP contribution is -2.10. The number of nitrogens with zero attached hydrogens (tertiary/aromatic N) is 1. The van der Waals surface area contributed by atoms with Crippen molar-refractivity contribution in [2.45, 2.75) is 19.4 Å². The highest BCUT2D eigenvalue weighted by Crippen LogP contribution is 2.22.